The quantitative estimate of drug-likeness (QED) is 0.624. The lowest BCUT2D eigenvalue weighted by molar-refractivity contribution is -0.129. The van der Waals surface area contributed by atoms with Gasteiger partial charge in [-0.2, -0.15) is 5.10 Å². The second kappa shape index (κ2) is 9.20. The zero-order chi connectivity index (χ0) is 21.8. The molecule has 1 fully saturated rings. The van der Waals surface area contributed by atoms with Gasteiger partial charge in [-0.05, 0) is 49.7 Å². The predicted molar refractivity (Wildman–Crippen MR) is 115 cm³/mol. The van der Waals surface area contributed by atoms with Crippen molar-refractivity contribution in [2.45, 2.75) is 32.3 Å². The molecule has 0 spiro atoms. The summed E-state index contributed by atoms with van der Waals surface area (Å²) >= 11 is 0. The summed E-state index contributed by atoms with van der Waals surface area (Å²) in [4.78, 5) is 14.8. The molecule has 6 nitrogen and oxygen atoms in total. The number of aromatic amines is 1. The van der Waals surface area contributed by atoms with Gasteiger partial charge in [0.2, 0.25) is 5.91 Å². The number of aryl methyl sites for hydroxylation is 1. The molecule has 1 aliphatic heterocycles. The SMILES string of the molecule is COc1ccc(C)cc1CC(=O)N1CCC(c2cc(COc3ccc(F)cc3)[nH]n2)C1. The van der Waals surface area contributed by atoms with Crippen molar-refractivity contribution in [3.05, 3.63) is 76.9 Å². The molecule has 1 atom stereocenters. The summed E-state index contributed by atoms with van der Waals surface area (Å²) in [6.07, 6.45) is 1.20. The molecular weight excluding hydrogens is 397 g/mol. The van der Waals surface area contributed by atoms with E-state index in [0.717, 1.165) is 34.7 Å². The van der Waals surface area contributed by atoms with Crippen molar-refractivity contribution in [1.82, 2.24) is 15.1 Å². The molecule has 7 heteroatoms. The average molecular weight is 423 g/mol. The van der Waals surface area contributed by atoms with Gasteiger partial charge < -0.3 is 14.4 Å². The van der Waals surface area contributed by atoms with Gasteiger partial charge in [-0.3, -0.25) is 9.89 Å². The van der Waals surface area contributed by atoms with Gasteiger partial charge in [-0.25, -0.2) is 4.39 Å². The van der Waals surface area contributed by atoms with Crippen LogP contribution in [-0.4, -0.2) is 41.2 Å². The fraction of sp³-hybridized carbons (Fsp3) is 0.333. The number of aromatic nitrogens is 2. The Morgan fingerprint density at radius 3 is 2.81 bits per heavy atom. The number of nitrogens with one attached hydrogen (secondary N) is 1. The second-order valence-electron chi connectivity index (χ2n) is 7.88. The summed E-state index contributed by atoms with van der Waals surface area (Å²) < 4.78 is 24.1. The minimum Gasteiger partial charge on any atom is -0.496 e. The van der Waals surface area contributed by atoms with Crippen molar-refractivity contribution < 1.29 is 18.7 Å². The van der Waals surface area contributed by atoms with E-state index in [9.17, 15) is 9.18 Å². The van der Waals surface area contributed by atoms with E-state index < -0.39 is 0 Å². The topological polar surface area (TPSA) is 67.4 Å². The molecule has 1 aromatic heterocycles. The van der Waals surface area contributed by atoms with E-state index in [1.807, 2.05) is 36.1 Å². The van der Waals surface area contributed by atoms with Gasteiger partial charge in [-0.1, -0.05) is 17.7 Å². The predicted octanol–water partition coefficient (Wildman–Crippen LogP) is 4.00. The number of carbonyl (C=O) groups excluding carboxylic acids is 1. The van der Waals surface area contributed by atoms with E-state index >= 15 is 0 Å². The summed E-state index contributed by atoms with van der Waals surface area (Å²) in [5.41, 5.74) is 3.79. The first-order valence-electron chi connectivity index (χ1n) is 10.4. The third kappa shape index (κ3) is 5.05. The molecule has 1 N–H and O–H groups in total. The average Bonchev–Trinajstić information content (AvgIpc) is 3.43. The van der Waals surface area contributed by atoms with Crippen molar-refractivity contribution >= 4 is 5.91 Å². The summed E-state index contributed by atoms with van der Waals surface area (Å²) in [6, 6.07) is 13.8. The number of H-pyrrole nitrogens is 1. The first-order valence-corrected chi connectivity index (χ1v) is 10.4. The lowest BCUT2D eigenvalue weighted by Crippen LogP contribution is -2.30. The largest absolute Gasteiger partial charge is 0.496 e. The standard InChI is InChI=1S/C24H26FN3O3/c1-16-3-8-23(30-2)18(11-16)12-24(29)28-10-9-17(14-28)22-13-20(26-27-22)15-31-21-6-4-19(25)5-7-21/h3-8,11,13,17H,9-10,12,14-15H2,1-2H3,(H,26,27). The normalized spacial score (nSPS) is 15.8. The van der Waals surface area contributed by atoms with E-state index in [4.69, 9.17) is 9.47 Å². The van der Waals surface area contributed by atoms with Crippen molar-refractivity contribution in [2.24, 2.45) is 0 Å². The lowest BCUT2D eigenvalue weighted by atomic mass is 10.0. The first kappa shape index (κ1) is 20.9. The Morgan fingerprint density at radius 2 is 2.03 bits per heavy atom. The number of likely N-dealkylation sites (tertiary alicyclic amines) is 1. The van der Waals surface area contributed by atoms with Crippen molar-refractivity contribution in [2.75, 3.05) is 20.2 Å². The molecule has 2 heterocycles. The number of benzene rings is 2. The van der Waals surface area contributed by atoms with Crippen molar-refractivity contribution in [3.63, 3.8) is 0 Å². The summed E-state index contributed by atoms with van der Waals surface area (Å²) in [7, 11) is 1.62. The fourth-order valence-electron chi connectivity index (χ4n) is 3.90. The molecule has 0 radical (unpaired) electrons. The number of carbonyl (C=O) groups is 1. The van der Waals surface area contributed by atoms with E-state index in [1.54, 1.807) is 19.2 Å². The molecule has 31 heavy (non-hydrogen) atoms. The van der Waals surface area contributed by atoms with Crippen LogP contribution in [0.5, 0.6) is 11.5 Å². The van der Waals surface area contributed by atoms with Crippen LogP contribution in [0.2, 0.25) is 0 Å². The minimum absolute atomic E-state index is 0.0989. The number of ether oxygens (including phenoxy) is 2. The van der Waals surface area contributed by atoms with E-state index in [0.29, 0.717) is 31.9 Å². The number of methoxy groups -OCH3 is 1. The van der Waals surface area contributed by atoms with Gasteiger partial charge in [0.15, 0.2) is 0 Å². The van der Waals surface area contributed by atoms with Crippen LogP contribution in [0, 0.1) is 12.7 Å². The molecule has 3 aromatic rings. The first-order chi connectivity index (χ1) is 15.0. The number of amides is 1. The highest BCUT2D eigenvalue weighted by molar-refractivity contribution is 5.80. The molecule has 0 saturated carbocycles. The molecular formula is C24H26FN3O3. The van der Waals surface area contributed by atoms with Crippen LogP contribution in [0.4, 0.5) is 4.39 Å². The number of halogens is 1. The zero-order valence-electron chi connectivity index (χ0n) is 17.7. The van der Waals surface area contributed by atoms with Gasteiger partial charge in [-0.15, -0.1) is 0 Å². The zero-order valence-corrected chi connectivity index (χ0v) is 17.7. The number of nitrogens with zero attached hydrogens (tertiary/aromatic N) is 2. The van der Waals surface area contributed by atoms with Crippen molar-refractivity contribution in [1.29, 1.82) is 0 Å². The Kier molecular flexibility index (Phi) is 6.21. The Hall–Kier alpha value is -3.35. The molecule has 1 unspecified atom stereocenters. The maximum absolute atomic E-state index is 13.0. The third-order valence-corrected chi connectivity index (χ3v) is 5.60. The Balaban J connectivity index is 1.33. The number of hydrogen-bond acceptors (Lipinski definition) is 4. The smallest absolute Gasteiger partial charge is 0.227 e. The Bertz CT molecular complexity index is 1050. The maximum Gasteiger partial charge on any atom is 0.227 e. The highest BCUT2D eigenvalue weighted by Gasteiger charge is 2.29. The molecule has 1 amide bonds. The molecule has 2 aromatic carbocycles. The van der Waals surface area contributed by atoms with Crippen molar-refractivity contribution in [3.8, 4) is 11.5 Å². The maximum atomic E-state index is 13.0. The van der Waals surface area contributed by atoms with Gasteiger partial charge in [0, 0.05) is 24.6 Å². The second-order valence-corrected chi connectivity index (χ2v) is 7.88. The monoisotopic (exact) mass is 423 g/mol. The van der Waals surface area contributed by atoms with E-state index in [1.165, 1.54) is 12.1 Å². The Labute approximate surface area is 181 Å². The van der Waals surface area contributed by atoms with Crippen LogP contribution in [0.15, 0.2) is 48.5 Å². The molecule has 0 bridgehead atoms. The molecule has 4 rings (SSSR count). The molecule has 162 valence electrons. The van der Waals surface area contributed by atoms with Gasteiger partial charge in [0.25, 0.3) is 0 Å². The fourth-order valence-corrected chi connectivity index (χ4v) is 3.90. The third-order valence-electron chi connectivity index (χ3n) is 5.60. The Morgan fingerprint density at radius 1 is 1.23 bits per heavy atom. The highest BCUT2D eigenvalue weighted by Crippen LogP contribution is 2.28. The van der Waals surface area contributed by atoms with Crippen LogP contribution in [0.3, 0.4) is 0 Å². The minimum atomic E-state index is -0.294. The van der Waals surface area contributed by atoms with Crippen LogP contribution in [0.25, 0.3) is 0 Å². The van der Waals surface area contributed by atoms with Gasteiger partial charge >= 0.3 is 0 Å². The van der Waals surface area contributed by atoms with Crippen LogP contribution >= 0.6 is 0 Å². The summed E-state index contributed by atoms with van der Waals surface area (Å²) in [6.45, 7) is 3.69. The summed E-state index contributed by atoms with van der Waals surface area (Å²) in [5.74, 6) is 1.34. The van der Waals surface area contributed by atoms with Gasteiger partial charge in [0.1, 0.15) is 23.9 Å². The van der Waals surface area contributed by atoms with Crippen LogP contribution < -0.4 is 9.47 Å². The number of rotatable bonds is 7. The van der Waals surface area contributed by atoms with Gasteiger partial charge in [0.05, 0.1) is 24.9 Å². The van der Waals surface area contributed by atoms with E-state index in [2.05, 4.69) is 10.2 Å². The van der Waals surface area contributed by atoms with Crippen LogP contribution in [-0.2, 0) is 17.8 Å². The highest BCUT2D eigenvalue weighted by atomic mass is 19.1. The number of hydrogen-bond donors (Lipinski definition) is 1. The summed E-state index contributed by atoms with van der Waals surface area (Å²) in [5, 5.41) is 7.42. The molecule has 1 aliphatic rings. The van der Waals surface area contributed by atoms with Crippen LogP contribution in [0.1, 0.15) is 34.9 Å². The molecule has 1 saturated heterocycles. The lowest BCUT2D eigenvalue weighted by Gasteiger charge is -2.17. The molecule has 0 aliphatic carbocycles. The van der Waals surface area contributed by atoms with E-state index in [-0.39, 0.29) is 17.6 Å².